The van der Waals surface area contributed by atoms with E-state index in [0.29, 0.717) is 5.56 Å². The number of hydrogen-bond donors (Lipinski definition) is 1. The molecule has 0 spiro atoms. The number of fused-ring (bicyclic) bond motifs is 1. The first-order chi connectivity index (χ1) is 9.20. The Morgan fingerprint density at radius 1 is 1.53 bits per heavy atom. The third-order valence-corrected chi connectivity index (χ3v) is 3.83. The van der Waals surface area contributed by atoms with Crippen LogP contribution < -0.4 is 5.32 Å². The fourth-order valence-corrected chi connectivity index (χ4v) is 2.82. The number of halogens is 1. The van der Waals surface area contributed by atoms with Gasteiger partial charge in [-0.05, 0) is 44.5 Å². The minimum Gasteiger partial charge on any atom is -0.347 e. The van der Waals surface area contributed by atoms with Gasteiger partial charge in [-0.2, -0.15) is 0 Å². The van der Waals surface area contributed by atoms with Crippen LogP contribution in [0.4, 0.5) is 4.39 Å². The minimum atomic E-state index is -0.265. The lowest BCUT2D eigenvalue weighted by Crippen LogP contribution is -2.30. The van der Waals surface area contributed by atoms with Gasteiger partial charge < -0.3 is 9.88 Å². The summed E-state index contributed by atoms with van der Waals surface area (Å²) in [4.78, 5) is 12.5. The Morgan fingerprint density at radius 3 is 3.05 bits per heavy atom. The lowest BCUT2D eigenvalue weighted by atomic mass is 10.0. The predicted octanol–water partition coefficient (Wildman–Crippen LogP) is 2.74. The molecular weight excluding hydrogens is 243 g/mol. The zero-order chi connectivity index (χ0) is 13.4. The summed E-state index contributed by atoms with van der Waals surface area (Å²) in [7, 11) is 0. The number of aryl methyl sites for hydroxylation is 1. The monoisotopic (exact) mass is 260 g/mol. The molecule has 1 unspecified atom stereocenters. The van der Waals surface area contributed by atoms with E-state index in [2.05, 4.69) is 5.32 Å². The van der Waals surface area contributed by atoms with Crippen LogP contribution in [0.1, 0.15) is 30.1 Å². The quantitative estimate of drug-likeness (QED) is 0.861. The molecule has 3 rings (SSSR count). The third kappa shape index (κ3) is 2.06. The molecule has 4 heteroatoms. The Morgan fingerprint density at radius 2 is 2.37 bits per heavy atom. The van der Waals surface area contributed by atoms with Crippen molar-refractivity contribution in [2.45, 2.75) is 32.4 Å². The van der Waals surface area contributed by atoms with E-state index in [1.807, 2.05) is 17.7 Å². The Bertz CT molecular complexity index is 626. The van der Waals surface area contributed by atoms with E-state index in [4.69, 9.17) is 0 Å². The van der Waals surface area contributed by atoms with Gasteiger partial charge in [0.05, 0.1) is 11.6 Å². The van der Waals surface area contributed by atoms with Crippen LogP contribution in [-0.2, 0) is 6.54 Å². The molecule has 0 radical (unpaired) electrons. The Labute approximate surface area is 111 Å². The summed E-state index contributed by atoms with van der Waals surface area (Å²) in [5.74, 6) is -0.139. The van der Waals surface area contributed by atoms with E-state index in [0.717, 1.165) is 36.8 Å². The molecular formula is C15H17FN2O. The summed E-state index contributed by atoms with van der Waals surface area (Å²) in [6, 6.07) is 4.54. The molecule has 1 aromatic carbocycles. The summed E-state index contributed by atoms with van der Waals surface area (Å²) in [6.45, 7) is 3.62. The molecule has 0 amide bonds. The van der Waals surface area contributed by atoms with Crippen molar-refractivity contribution < 1.29 is 9.18 Å². The molecule has 2 aromatic rings. The van der Waals surface area contributed by atoms with E-state index in [1.165, 1.54) is 12.1 Å². The summed E-state index contributed by atoms with van der Waals surface area (Å²) < 4.78 is 15.3. The molecule has 1 aliphatic rings. The van der Waals surface area contributed by atoms with Gasteiger partial charge in [0.2, 0.25) is 0 Å². The molecule has 1 aromatic heterocycles. The second-order valence-corrected chi connectivity index (χ2v) is 5.00. The molecule has 100 valence electrons. The molecule has 0 bridgehead atoms. The maximum absolute atomic E-state index is 13.4. The van der Waals surface area contributed by atoms with Gasteiger partial charge in [0.25, 0.3) is 0 Å². The Hall–Kier alpha value is -1.68. The van der Waals surface area contributed by atoms with E-state index in [9.17, 15) is 9.18 Å². The average Bonchev–Trinajstić information content (AvgIpc) is 3.05. The van der Waals surface area contributed by atoms with Gasteiger partial charge in [0.15, 0.2) is 5.78 Å². The zero-order valence-corrected chi connectivity index (χ0v) is 10.9. The van der Waals surface area contributed by atoms with Crippen molar-refractivity contribution in [1.29, 1.82) is 0 Å². The summed E-state index contributed by atoms with van der Waals surface area (Å²) >= 11 is 0. The first-order valence-corrected chi connectivity index (χ1v) is 6.76. The van der Waals surface area contributed by atoms with Crippen LogP contribution in [-0.4, -0.2) is 22.9 Å². The van der Waals surface area contributed by atoms with Crippen LogP contribution in [0.2, 0.25) is 0 Å². The molecule has 2 heterocycles. The molecule has 19 heavy (non-hydrogen) atoms. The van der Waals surface area contributed by atoms with Gasteiger partial charge in [0.1, 0.15) is 5.82 Å². The molecule has 3 nitrogen and oxygen atoms in total. The van der Waals surface area contributed by atoms with Crippen molar-refractivity contribution in [2.75, 3.05) is 6.54 Å². The van der Waals surface area contributed by atoms with Gasteiger partial charge >= 0.3 is 0 Å². The highest BCUT2D eigenvalue weighted by Crippen LogP contribution is 2.25. The number of rotatable bonds is 3. The van der Waals surface area contributed by atoms with Gasteiger partial charge in [0, 0.05) is 23.7 Å². The highest BCUT2D eigenvalue weighted by atomic mass is 19.1. The average molecular weight is 260 g/mol. The van der Waals surface area contributed by atoms with Crippen molar-refractivity contribution in [1.82, 2.24) is 9.88 Å². The standard InChI is InChI=1S/C15H17FN2O/c1-2-18-9-12(15(19)13-4-3-7-17-13)11-6-5-10(16)8-14(11)18/h5-6,8-9,13,17H,2-4,7H2,1H3. The van der Waals surface area contributed by atoms with Crippen molar-refractivity contribution in [3.8, 4) is 0 Å². The Kier molecular flexibility index (Phi) is 3.11. The minimum absolute atomic E-state index is 0.0824. The van der Waals surface area contributed by atoms with E-state index in [1.54, 1.807) is 6.07 Å². The van der Waals surface area contributed by atoms with Gasteiger partial charge in [-0.15, -0.1) is 0 Å². The number of nitrogens with one attached hydrogen (secondary N) is 1. The van der Waals surface area contributed by atoms with Crippen molar-refractivity contribution in [2.24, 2.45) is 0 Å². The summed E-state index contributed by atoms with van der Waals surface area (Å²) in [6.07, 6.45) is 3.78. The van der Waals surface area contributed by atoms with E-state index >= 15 is 0 Å². The van der Waals surface area contributed by atoms with Crippen LogP contribution in [0, 0.1) is 5.82 Å². The van der Waals surface area contributed by atoms with E-state index < -0.39 is 0 Å². The number of aromatic nitrogens is 1. The Balaban J connectivity index is 2.10. The first-order valence-electron chi connectivity index (χ1n) is 6.76. The number of carbonyl (C=O) groups excluding carboxylic acids is 1. The maximum atomic E-state index is 13.4. The molecule has 1 saturated heterocycles. The van der Waals surface area contributed by atoms with Crippen molar-refractivity contribution >= 4 is 16.7 Å². The predicted molar refractivity (Wildman–Crippen MR) is 72.9 cm³/mol. The second kappa shape index (κ2) is 4.78. The number of hydrogen-bond acceptors (Lipinski definition) is 2. The molecule has 0 saturated carbocycles. The third-order valence-electron chi connectivity index (χ3n) is 3.83. The normalized spacial score (nSPS) is 19.2. The number of ketones is 1. The van der Waals surface area contributed by atoms with Crippen molar-refractivity contribution in [3.05, 3.63) is 35.8 Å². The lowest BCUT2D eigenvalue weighted by molar-refractivity contribution is 0.0953. The molecule has 1 atom stereocenters. The molecule has 0 aliphatic carbocycles. The van der Waals surface area contributed by atoms with Crippen molar-refractivity contribution in [3.63, 3.8) is 0 Å². The first kappa shape index (κ1) is 12.4. The van der Waals surface area contributed by atoms with Crippen LogP contribution >= 0.6 is 0 Å². The fraction of sp³-hybridized carbons (Fsp3) is 0.400. The highest BCUT2D eigenvalue weighted by molar-refractivity contribution is 6.10. The zero-order valence-electron chi connectivity index (χ0n) is 10.9. The van der Waals surface area contributed by atoms with Crippen LogP contribution in [0.25, 0.3) is 10.9 Å². The summed E-state index contributed by atoms with van der Waals surface area (Å²) in [5.41, 5.74) is 1.50. The number of Topliss-reactive ketones (excluding diaryl/α,β-unsaturated/α-hetero) is 1. The SMILES string of the molecule is CCn1cc(C(=O)C2CCCN2)c2ccc(F)cc21. The lowest BCUT2D eigenvalue weighted by Gasteiger charge is -2.07. The number of carbonyl (C=O) groups is 1. The number of benzene rings is 1. The van der Waals surface area contributed by atoms with Crippen LogP contribution in [0.15, 0.2) is 24.4 Å². The van der Waals surface area contributed by atoms with Gasteiger partial charge in [-0.3, -0.25) is 4.79 Å². The maximum Gasteiger partial charge on any atom is 0.181 e. The van der Waals surface area contributed by atoms with Crippen LogP contribution in [0.5, 0.6) is 0 Å². The summed E-state index contributed by atoms with van der Waals surface area (Å²) in [5, 5.41) is 4.07. The van der Waals surface area contributed by atoms with Crippen LogP contribution in [0.3, 0.4) is 0 Å². The topological polar surface area (TPSA) is 34.0 Å². The molecule has 1 fully saturated rings. The van der Waals surface area contributed by atoms with Gasteiger partial charge in [-0.1, -0.05) is 0 Å². The largest absolute Gasteiger partial charge is 0.347 e. The highest BCUT2D eigenvalue weighted by Gasteiger charge is 2.26. The molecule has 1 N–H and O–H groups in total. The van der Waals surface area contributed by atoms with Gasteiger partial charge in [-0.25, -0.2) is 4.39 Å². The molecule has 1 aliphatic heterocycles. The fourth-order valence-electron chi connectivity index (χ4n) is 2.82. The number of nitrogens with zero attached hydrogens (tertiary/aromatic N) is 1. The van der Waals surface area contributed by atoms with E-state index in [-0.39, 0.29) is 17.6 Å². The second-order valence-electron chi connectivity index (χ2n) is 5.00. The smallest absolute Gasteiger partial charge is 0.181 e.